The molecule has 0 bridgehead atoms. The van der Waals surface area contributed by atoms with E-state index in [1.54, 1.807) is 12.1 Å². The summed E-state index contributed by atoms with van der Waals surface area (Å²) in [5.41, 5.74) is -1.22. The van der Waals surface area contributed by atoms with Gasteiger partial charge in [-0.1, -0.05) is 41.4 Å². The van der Waals surface area contributed by atoms with Crippen LogP contribution in [0.1, 0.15) is 36.6 Å². The monoisotopic (exact) mass is 642 g/mol. The highest BCUT2D eigenvalue weighted by molar-refractivity contribution is 6.39. The molecule has 2 heterocycles. The molecule has 0 spiro atoms. The first-order valence-corrected chi connectivity index (χ1v) is 13.4. The number of ether oxygens (including phenoxy) is 1. The normalized spacial score (nSPS) is 13.0. The summed E-state index contributed by atoms with van der Waals surface area (Å²) in [6.45, 7) is 0. The van der Waals surface area contributed by atoms with Gasteiger partial charge in [-0.25, -0.2) is 9.29 Å². The molecule has 8 nitrogen and oxygen atoms in total. The van der Waals surface area contributed by atoms with Crippen molar-refractivity contribution in [2.45, 2.75) is 6.18 Å². The maximum absolute atomic E-state index is 14.2. The number of carbonyl (C=O) groups is 3. The highest BCUT2D eigenvalue weighted by Crippen LogP contribution is 2.47. The number of alkyl halides is 3. The Morgan fingerprint density at radius 1 is 0.909 bits per heavy atom. The lowest BCUT2D eigenvalue weighted by atomic mass is 10.1. The minimum Gasteiger partial charge on any atom is -0.453 e. The van der Waals surface area contributed by atoms with E-state index in [2.05, 4.69) is 10.4 Å². The van der Waals surface area contributed by atoms with Gasteiger partial charge in [0.25, 0.3) is 17.7 Å². The Morgan fingerprint density at radius 2 is 1.59 bits per heavy atom. The van der Waals surface area contributed by atoms with E-state index in [4.69, 9.17) is 27.9 Å². The van der Waals surface area contributed by atoms with Crippen molar-refractivity contribution in [2.24, 2.45) is 7.05 Å². The van der Waals surface area contributed by atoms with E-state index in [1.165, 1.54) is 42.1 Å². The zero-order chi connectivity index (χ0) is 31.5. The van der Waals surface area contributed by atoms with Gasteiger partial charge in [-0.05, 0) is 48.5 Å². The maximum atomic E-state index is 14.2. The van der Waals surface area contributed by atoms with E-state index in [1.807, 2.05) is 0 Å². The second kappa shape index (κ2) is 10.6. The van der Waals surface area contributed by atoms with Gasteiger partial charge in [0.2, 0.25) is 0 Å². The van der Waals surface area contributed by atoms with E-state index < -0.39 is 35.3 Å². The fraction of sp³-hybridized carbons (Fsp3) is 0.0667. The van der Waals surface area contributed by atoms with Gasteiger partial charge in [-0.15, -0.1) is 0 Å². The summed E-state index contributed by atoms with van der Waals surface area (Å²) in [6.07, 6.45) is -4.71. The number of rotatable bonds is 5. The van der Waals surface area contributed by atoms with Crippen molar-refractivity contribution in [3.05, 3.63) is 111 Å². The van der Waals surface area contributed by atoms with Crippen LogP contribution in [0.15, 0.2) is 72.8 Å². The number of aromatic nitrogens is 2. The number of carbonyl (C=O) groups excluding carboxylic acids is 3. The quantitative estimate of drug-likeness (QED) is 0.155. The van der Waals surface area contributed by atoms with Gasteiger partial charge in [0.05, 0.1) is 43.3 Å². The highest BCUT2D eigenvalue weighted by Gasteiger charge is 2.40. The lowest BCUT2D eigenvalue weighted by Gasteiger charge is -2.18. The maximum Gasteiger partial charge on any atom is 0.416 e. The van der Waals surface area contributed by atoms with Crippen LogP contribution in [-0.4, -0.2) is 27.5 Å². The van der Waals surface area contributed by atoms with Crippen molar-refractivity contribution in [2.75, 3.05) is 10.2 Å². The SMILES string of the molecule is Cn1nc(N2C(=O)c3ccccc3C2=O)c2c(Oc3cc(F)ccc3Cl)c(NC(=O)c3cccc(C(F)(F)F)c3)cc(Cl)c21. The zero-order valence-electron chi connectivity index (χ0n) is 22.2. The summed E-state index contributed by atoms with van der Waals surface area (Å²) >= 11 is 12.9. The van der Waals surface area contributed by atoms with Crippen molar-refractivity contribution in [3.8, 4) is 11.5 Å². The minimum atomic E-state index is -4.71. The van der Waals surface area contributed by atoms with Crippen molar-refractivity contribution in [3.63, 3.8) is 0 Å². The number of nitrogens with one attached hydrogen (secondary N) is 1. The average Bonchev–Trinajstić information content (AvgIpc) is 3.45. The Morgan fingerprint density at radius 3 is 2.25 bits per heavy atom. The van der Waals surface area contributed by atoms with Gasteiger partial charge in [-0.3, -0.25) is 19.1 Å². The van der Waals surface area contributed by atoms with Crippen LogP contribution in [0.5, 0.6) is 11.5 Å². The molecular formula is C30H16Cl2F4N4O4. The number of benzene rings is 4. The van der Waals surface area contributed by atoms with Crippen LogP contribution in [0.25, 0.3) is 10.9 Å². The fourth-order valence-electron chi connectivity index (χ4n) is 4.82. The predicted molar refractivity (Wildman–Crippen MR) is 154 cm³/mol. The molecule has 0 atom stereocenters. The highest BCUT2D eigenvalue weighted by atomic mass is 35.5. The van der Waals surface area contributed by atoms with Crippen molar-refractivity contribution in [1.82, 2.24) is 9.78 Å². The molecule has 0 radical (unpaired) electrons. The molecule has 0 fully saturated rings. The van der Waals surface area contributed by atoms with Crippen LogP contribution in [0.4, 0.5) is 29.1 Å². The summed E-state index contributed by atoms with van der Waals surface area (Å²) in [7, 11) is 1.48. The molecule has 44 heavy (non-hydrogen) atoms. The first-order chi connectivity index (χ1) is 20.8. The van der Waals surface area contributed by atoms with E-state index >= 15 is 0 Å². The van der Waals surface area contributed by atoms with Crippen LogP contribution in [0, 0.1) is 5.82 Å². The van der Waals surface area contributed by atoms with E-state index in [9.17, 15) is 31.9 Å². The van der Waals surface area contributed by atoms with Crippen molar-refractivity contribution < 1.29 is 36.7 Å². The van der Waals surface area contributed by atoms with Crippen LogP contribution in [0.3, 0.4) is 0 Å². The Labute approximate surface area is 255 Å². The summed E-state index contributed by atoms with van der Waals surface area (Å²) in [5, 5.41) is 6.72. The van der Waals surface area contributed by atoms with Crippen molar-refractivity contribution in [1.29, 1.82) is 0 Å². The molecule has 1 aliphatic rings. The third kappa shape index (κ3) is 4.91. The average molecular weight is 643 g/mol. The number of anilines is 2. The molecular weight excluding hydrogens is 627 g/mol. The zero-order valence-corrected chi connectivity index (χ0v) is 23.7. The molecule has 14 heteroatoms. The molecule has 0 saturated carbocycles. The summed E-state index contributed by atoms with van der Waals surface area (Å²) in [4.78, 5) is 40.9. The third-order valence-electron chi connectivity index (χ3n) is 6.81. The van der Waals surface area contributed by atoms with Gasteiger partial charge in [0.15, 0.2) is 11.6 Å². The van der Waals surface area contributed by atoms with E-state index in [-0.39, 0.29) is 60.6 Å². The standard InChI is InChI=1S/C30H16Cl2F4N4O4/c1-39-24-20(32)13-21(37-27(41)14-5-4-6-15(11-14)30(34,35)36)25(44-22-12-16(33)9-10-19(22)31)23(24)26(38-39)40-28(42)17-7-2-3-8-18(17)29(40)43/h2-13H,1H3,(H,37,41). The molecule has 222 valence electrons. The van der Waals surface area contributed by atoms with E-state index in [0.29, 0.717) is 6.07 Å². The summed E-state index contributed by atoms with van der Waals surface area (Å²) < 4.78 is 61.6. The number of nitrogens with zero attached hydrogens (tertiary/aromatic N) is 3. The van der Waals surface area contributed by atoms with Crippen LogP contribution < -0.4 is 15.0 Å². The smallest absolute Gasteiger partial charge is 0.416 e. The first kappa shape index (κ1) is 29.1. The van der Waals surface area contributed by atoms with Gasteiger partial charge >= 0.3 is 6.18 Å². The Bertz CT molecular complexity index is 2010. The number of halogens is 6. The molecule has 4 aromatic carbocycles. The third-order valence-corrected chi connectivity index (χ3v) is 7.41. The molecule has 0 saturated heterocycles. The van der Waals surface area contributed by atoms with Crippen LogP contribution in [-0.2, 0) is 13.2 Å². The number of aryl methyl sites for hydroxylation is 1. The fourth-order valence-corrected chi connectivity index (χ4v) is 5.30. The number of amides is 3. The first-order valence-electron chi connectivity index (χ1n) is 12.6. The van der Waals surface area contributed by atoms with Gasteiger partial charge in [-0.2, -0.15) is 18.3 Å². The second-order valence-corrected chi connectivity index (χ2v) is 10.4. The van der Waals surface area contributed by atoms with E-state index in [0.717, 1.165) is 29.2 Å². The van der Waals surface area contributed by atoms with Gasteiger partial charge < -0.3 is 10.1 Å². The predicted octanol–water partition coefficient (Wildman–Crippen LogP) is 7.88. The molecule has 5 aromatic rings. The van der Waals surface area contributed by atoms with Gasteiger partial charge in [0, 0.05) is 18.7 Å². The number of hydrogen-bond acceptors (Lipinski definition) is 5. The Balaban J connectivity index is 1.56. The van der Waals surface area contributed by atoms with Crippen molar-refractivity contribution >= 4 is 63.3 Å². The summed E-state index contributed by atoms with van der Waals surface area (Å²) in [6, 6.07) is 14.3. The van der Waals surface area contributed by atoms with Gasteiger partial charge in [0.1, 0.15) is 11.6 Å². The van der Waals surface area contributed by atoms with Crippen LogP contribution in [0.2, 0.25) is 10.0 Å². The number of imide groups is 1. The Kier molecular flexibility index (Phi) is 7.05. The largest absolute Gasteiger partial charge is 0.453 e. The second-order valence-electron chi connectivity index (χ2n) is 9.61. The Hall–Kier alpha value is -4.94. The molecule has 1 N–H and O–H groups in total. The number of fused-ring (bicyclic) bond motifs is 2. The topological polar surface area (TPSA) is 93.5 Å². The van der Waals surface area contributed by atoms with Crippen LogP contribution >= 0.6 is 23.2 Å². The molecule has 0 aliphatic carbocycles. The molecule has 6 rings (SSSR count). The minimum absolute atomic E-state index is 0.0325. The lowest BCUT2D eigenvalue weighted by molar-refractivity contribution is -0.137. The lowest BCUT2D eigenvalue weighted by Crippen LogP contribution is -2.30. The molecule has 3 amide bonds. The molecule has 1 aliphatic heterocycles. The summed E-state index contributed by atoms with van der Waals surface area (Å²) in [5.74, 6) is -3.82. The molecule has 0 unspecified atom stereocenters. The number of hydrogen-bond donors (Lipinski definition) is 1. The molecule has 1 aromatic heterocycles.